The molecule has 14 heavy (non-hydrogen) atoms. The van der Waals surface area contributed by atoms with Crippen molar-refractivity contribution < 1.29 is 0 Å². The van der Waals surface area contributed by atoms with Gasteiger partial charge in [-0.2, -0.15) is 0 Å². The van der Waals surface area contributed by atoms with Crippen LogP contribution in [0.4, 0.5) is 0 Å². The van der Waals surface area contributed by atoms with Crippen LogP contribution in [-0.2, 0) is 13.0 Å². The molecule has 1 heterocycles. The molecule has 0 radical (unpaired) electrons. The second-order valence-corrected chi connectivity index (χ2v) is 4.46. The van der Waals surface area contributed by atoms with Crippen LogP contribution >= 0.6 is 0 Å². The first-order chi connectivity index (χ1) is 6.51. The zero-order valence-corrected chi connectivity index (χ0v) is 9.46. The zero-order chi connectivity index (χ0) is 10.6. The van der Waals surface area contributed by atoms with Gasteiger partial charge in [-0.3, -0.25) is 0 Å². The Kier molecular flexibility index (Phi) is 3.58. The standard InChI is InChI=1S/C11H19N3/c1-5-10-12-6-9(7-13-10)8-14-11(2,3)4/h6-7,14H,5,8H2,1-4H3. The highest BCUT2D eigenvalue weighted by Gasteiger charge is 2.08. The van der Waals surface area contributed by atoms with Crippen molar-refractivity contribution in [3.63, 3.8) is 0 Å². The molecule has 0 aliphatic rings. The summed E-state index contributed by atoms with van der Waals surface area (Å²) in [4.78, 5) is 8.49. The van der Waals surface area contributed by atoms with Gasteiger partial charge in [-0.05, 0) is 20.8 Å². The van der Waals surface area contributed by atoms with Crippen LogP contribution < -0.4 is 5.32 Å². The monoisotopic (exact) mass is 193 g/mol. The van der Waals surface area contributed by atoms with Crippen molar-refractivity contribution in [2.24, 2.45) is 0 Å². The minimum atomic E-state index is 0.142. The molecule has 0 aromatic carbocycles. The van der Waals surface area contributed by atoms with Gasteiger partial charge in [0.2, 0.25) is 0 Å². The van der Waals surface area contributed by atoms with E-state index in [2.05, 4.69) is 43.0 Å². The molecular weight excluding hydrogens is 174 g/mol. The van der Waals surface area contributed by atoms with Crippen molar-refractivity contribution in [3.8, 4) is 0 Å². The van der Waals surface area contributed by atoms with E-state index in [1.807, 2.05) is 12.4 Å². The number of nitrogens with zero attached hydrogens (tertiary/aromatic N) is 2. The van der Waals surface area contributed by atoms with Crippen molar-refractivity contribution in [1.29, 1.82) is 0 Å². The van der Waals surface area contributed by atoms with Crippen molar-refractivity contribution >= 4 is 0 Å². The van der Waals surface area contributed by atoms with Crippen molar-refractivity contribution in [2.45, 2.75) is 46.2 Å². The lowest BCUT2D eigenvalue weighted by Crippen LogP contribution is -2.35. The molecule has 0 fully saturated rings. The highest BCUT2D eigenvalue weighted by Crippen LogP contribution is 2.02. The predicted molar refractivity (Wildman–Crippen MR) is 58.0 cm³/mol. The molecule has 1 N–H and O–H groups in total. The summed E-state index contributed by atoms with van der Waals surface area (Å²) in [5, 5.41) is 3.40. The van der Waals surface area contributed by atoms with Crippen LogP contribution in [0.15, 0.2) is 12.4 Å². The molecule has 0 saturated heterocycles. The van der Waals surface area contributed by atoms with Crippen molar-refractivity contribution in [1.82, 2.24) is 15.3 Å². The fourth-order valence-electron chi connectivity index (χ4n) is 1.02. The predicted octanol–water partition coefficient (Wildman–Crippen LogP) is 1.93. The molecule has 1 aromatic rings. The second kappa shape index (κ2) is 4.51. The van der Waals surface area contributed by atoms with Gasteiger partial charge >= 0.3 is 0 Å². The Balaban J connectivity index is 2.52. The average Bonchev–Trinajstić information content (AvgIpc) is 2.14. The molecule has 0 bridgehead atoms. The first kappa shape index (κ1) is 11.1. The van der Waals surface area contributed by atoms with Gasteiger partial charge in [-0.1, -0.05) is 6.92 Å². The Bertz CT molecular complexity index is 272. The lowest BCUT2D eigenvalue weighted by atomic mass is 10.1. The van der Waals surface area contributed by atoms with Crippen LogP contribution in [0.25, 0.3) is 0 Å². The fraction of sp³-hybridized carbons (Fsp3) is 0.636. The number of hydrogen-bond acceptors (Lipinski definition) is 3. The lowest BCUT2D eigenvalue weighted by Gasteiger charge is -2.20. The summed E-state index contributed by atoms with van der Waals surface area (Å²) in [5.41, 5.74) is 1.28. The topological polar surface area (TPSA) is 37.8 Å². The van der Waals surface area contributed by atoms with Crippen LogP contribution in [0.5, 0.6) is 0 Å². The van der Waals surface area contributed by atoms with E-state index in [0.29, 0.717) is 0 Å². The van der Waals surface area contributed by atoms with E-state index in [0.717, 1.165) is 24.4 Å². The number of aromatic nitrogens is 2. The minimum Gasteiger partial charge on any atom is -0.308 e. The highest BCUT2D eigenvalue weighted by molar-refractivity contribution is 5.05. The van der Waals surface area contributed by atoms with Gasteiger partial charge < -0.3 is 5.32 Å². The Hall–Kier alpha value is -0.960. The first-order valence-electron chi connectivity index (χ1n) is 5.06. The third kappa shape index (κ3) is 3.83. The van der Waals surface area contributed by atoms with E-state index in [-0.39, 0.29) is 5.54 Å². The fourth-order valence-corrected chi connectivity index (χ4v) is 1.02. The van der Waals surface area contributed by atoms with Gasteiger partial charge in [-0.25, -0.2) is 9.97 Å². The smallest absolute Gasteiger partial charge is 0.127 e. The normalized spacial score (nSPS) is 11.7. The van der Waals surface area contributed by atoms with E-state index in [9.17, 15) is 0 Å². The molecule has 0 saturated carbocycles. The maximum atomic E-state index is 4.25. The highest BCUT2D eigenvalue weighted by atomic mass is 14.9. The maximum absolute atomic E-state index is 4.25. The lowest BCUT2D eigenvalue weighted by molar-refractivity contribution is 0.423. The number of hydrogen-bond donors (Lipinski definition) is 1. The molecule has 0 aliphatic carbocycles. The molecule has 1 aromatic heterocycles. The van der Waals surface area contributed by atoms with Gasteiger partial charge in [0, 0.05) is 36.5 Å². The molecule has 78 valence electrons. The molecule has 3 nitrogen and oxygen atoms in total. The van der Waals surface area contributed by atoms with Crippen LogP contribution in [-0.4, -0.2) is 15.5 Å². The van der Waals surface area contributed by atoms with Gasteiger partial charge in [0.25, 0.3) is 0 Å². The van der Waals surface area contributed by atoms with Crippen LogP contribution in [0.2, 0.25) is 0 Å². The van der Waals surface area contributed by atoms with Crippen LogP contribution in [0.3, 0.4) is 0 Å². The van der Waals surface area contributed by atoms with Gasteiger partial charge in [-0.15, -0.1) is 0 Å². The van der Waals surface area contributed by atoms with Crippen LogP contribution in [0, 0.1) is 0 Å². The first-order valence-corrected chi connectivity index (χ1v) is 5.06. The molecule has 3 heteroatoms. The molecule has 0 amide bonds. The quantitative estimate of drug-likeness (QED) is 0.797. The summed E-state index contributed by atoms with van der Waals surface area (Å²) in [7, 11) is 0. The van der Waals surface area contributed by atoms with Gasteiger partial charge in [0.05, 0.1) is 0 Å². The zero-order valence-electron chi connectivity index (χ0n) is 9.46. The summed E-state index contributed by atoms with van der Waals surface area (Å²) >= 11 is 0. The van der Waals surface area contributed by atoms with E-state index in [1.54, 1.807) is 0 Å². The maximum Gasteiger partial charge on any atom is 0.127 e. The SMILES string of the molecule is CCc1ncc(CNC(C)(C)C)cn1. The molecule has 0 spiro atoms. The summed E-state index contributed by atoms with van der Waals surface area (Å²) in [6, 6.07) is 0. The van der Waals surface area contributed by atoms with Crippen molar-refractivity contribution in [2.75, 3.05) is 0 Å². The summed E-state index contributed by atoms with van der Waals surface area (Å²) in [5.74, 6) is 0.907. The molecule has 0 atom stereocenters. The van der Waals surface area contributed by atoms with E-state index >= 15 is 0 Å². The van der Waals surface area contributed by atoms with E-state index in [1.165, 1.54) is 0 Å². The van der Waals surface area contributed by atoms with Crippen molar-refractivity contribution in [3.05, 3.63) is 23.8 Å². The van der Waals surface area contributed by atoms with Gasteiger partial charge in [0.15, 0.2) is 0 Å². The third-order valence-corrected chi connectivity index (χ3v) is 1.90. The summed E-state index contributed by atoms with van der Waals surface area (Å²) < 4.78 is 0. The molecule has 1 rings (SSSR count). The largest absolute Gasteiger partial charge is 0.308 e. The Morgan fingerprint density at radius 1 is 1.21 bits per heavy atom. The average molecular weight is 193 g/mol. The third-order valence-electron chi connectivity index (χ3n) is 1.90. The molecule has 0 aliphatic heterocycles. The Labute approximate surface area is 86.0 Å². The molecule has 0 unspecified atom stereocenters. The number of nitrogens with one attached hydrogen (secondary N) is 1. The van der Waals surface area contributed by atoms with E-state index < -0.39 is 0 Å². The Morgan fingerprint density at radius 2 is 1.79 bits per heavy atom. The number of rotatable bonds is 3. The summed E-state index contributed by atoms with van der Waals surface area (Å²) in [6.45, 7) is 9.33. The number of aryl methyl sites for hydroxylation is 1. The van der Waals surface area contributed by atoms with Crippen LogP contribution in [0.1, 0.15) is 39.1 Å². The molecular formula is C11H19N3. The van der Waals surface area contributed by atoms with Gasteiger partial charge in [0.1, 0.15) is 5.82 Å². The minimum absolute atomic E-state index is 0.142. The van der Waals surface area contributed by atoms with E-state index in [4.69, 9.17) is 0 Å². The summed E-state index contributed by atoms with van der Waals surface area (Å²) in [6.07, 6.45) is 4.68. The Morgan fingerprint density at radius 3 is 2.21 bits per heavy atom. The second-order valence-electron chi connectivity index (χ2n) is 4.46.